The van der Waals surface area contributed by atoms with E-state index in [4.69, 9.17) is 9.84 Å². The summed E-state index contributed by atoms with van der Waals surface area (Å²) in [4.78, 5) is 16.2. The van der Waals surface area contributed by atoms with Crippen LogP contribution in [0.4, 0.5) is 0 Å². The van der Waals surface area contributed by atoms with E-state index in [0.717, 1.165) is 18.8 Å². The number of aryl methyl sites for hydroxylation is 1. The van der Waals surface area contributed by atoms with Gasteiger partial charge in [0.2, 0.25) is 0 Å². The van der Waals surface area contributed by atoms with Crippen molar-refractivity contribution in [3.05, 3.63) is 29.3 Å². The fourth-order valence-corrected chi connectivity index (χ4v) is 2.98. The molecule has 23 heavy (non-hydrogen) atoms. The first-order valence-electron chi connectivity index (χ1n) is 8.35. The van der Waals surface area contributed by atoms with E-state index < -0.39 is 0 Å². The molecule has 0 aliphatic carbocycles. The molecular weight excluding hydrogens is 292 g/mol. The number of carbonyl (C=O) groups excluding carboxylic acids is 1. The van der Waals surface area contributed by atoms with Crippen LogP contribution in [0.5, 0.6) is 5.75 Å². The lowest BCUT2D eigenvalue weighted by molar-refractivity contribution is -0.135. The Labute approximate surface area is 138 Å². The Morgan fingerprint density at radius 3 is 2.52 bits per heavy atom. The van der Waals surface area contributed by atoms with Crippen LogP contribution in [0.15, 0.2) is 18.2 Å². The summed E-state index contributed by atoms with van der Waals surface area (Å²) in [6, 6.07) is 6.02. The van der Waals surface area contributed by atoms with E-state index in [0.29, 0.717) is 25.6 Å². The van der Waals surface area contributed by atoms with Crippen molar-refractivity contribution in [1.29, 1.82) is 0 Å². The maximum atomic E-state index is 12.2. The van der Waals surface area contributed by atoms with Crippen molar-refractivity contribution in [2.75, 3.05) is 45.9 Å². The number of amides is 1. The highest BCUT2D eigenvalue weighted by molar-refractivity contribution is 5.77. The number of carbonyl (C=O) groups is 1. The fourth-order valence-electron chi connectivity index (χ4n) is 2.98. The average molecular weight is 320 g/mol. The number of piperazine rings is 1. The molecule has 0 spiro atoms. The van der Waals surface area contributed by atoms with Crippen molar-refractivity contribution in [2.24, 2.45) is 0 Å². The molecule has 0 radical (unpaired) electrons. The van der Waals surface area contributed by atoms with E-state index in [-0.39, 0.29) is 19.1 Å². The Morgan fingerprint density at radius 2 is 1.96 bits per heavy atom. The van der Waals surface area contributed by atoms with Gasteiger partial charge in [0.15, 0.2) is 6.61 Å². The molecule has 1 aromatic rings. The molecular formula is C18H28N2O3. The first kappa shape index (κ1) is 17.8. The number of benzene rings is 1. The number of aliphatic hydroxyl groups is 1. The Balaban J connectivity index is 1.82. The second-order valence-electron chi connectivity index (χ2n) is 6.41. The van der Waals surface area contributed by atoms with Crippen LogP contribution < -0.4 is 4.74 Å². The van der Waals surface area contributed by atoms with Gasteiger partial charge in [-0.3, -0.25) is 9.69 Å². The smallest absolute Gasteiger partial charge is 0.260 e. The van der Waals surface area contributed by atoms with Gasteiger partial charge >= 0.3 is 0 Å². The third-order valence-corrected chi connectivity index (χ3v) is 4.37. The summed E-state index contributed by atoms with van der Waals surface area (Å²) < 4.78 is 5.67. The van der Waals surface area contributed by atoms with Crippen LogP contribution in [-0.2, 0) is 4.79 Å². The molecule has 1 aliphatic rings. The summed E-state index contributed by atoms with van der Waals surface area (Å²) in [5.74, 6) is 1.26. The highest BCUT2D eigenvalue weighted by atomic mass is 16.5. The number of ether oxygens (including phenoxy) is 1. The number of hydrogen-bond acceptors (Lipinski definition) is 4. The number of hydrogen-bond donors (Lipinski definition) is 1. The molecule has 1 aromatic carbocycles. The number of nitrogens with zero attached hydrogens (tertiary/aromatic N) is 2. The molecule has 2 rings (SSSR count). The van der Waals surface area contributed by atoms with Gasteiger partial charge in [-0.25, -0.2) is 0 Å². The molecule has 0 saturated carbocycles. The predicted molar refractivity (Wildman–Crippen MR) is 90.9 cm³/mol. The van der Waals surface area contributed by atoms with Gasteiger partial charge in [0.1, 0.15) is 5.75 Å². The van der Waals surface area contributed by atoms with Crippen molar-refractivity contribution < 1.29 is 14.6 Å². The van der Waals surface area contributed by atoms with E-state index in [2.05, 4.69) is 31.7 Å². The zero-order chi connectivity index (χ0) is 16.8. The monoisotopic (exact) mass is 320 g/mol. The molecule has 128 valence electrons. The summed E-state index contributed by atoms with van der Waals surface area (Å²) in [7, 11) is 0. The van der Waals surface area contributed by atoms with Crippen molar-refractivity contribution in [1.82, 2.24) is 9.80 Å². The first-order chi connectivity index (χ1) is 11.0. The molecule has 0 aromatic heterocycles. The standard InChI is InChI=1S/C18H28N2O3/c1-14(2)17-5-4-16(12-15(17)3)23-13-18(22)20-8-6-19(7-9-20)10-11-21/h4-5,12,14,21H,6-11,13H2,1-3H3. The summed E-state index contributed by atoms with van der Waals surface area (Å²) in [5, 5.41) is 8.94. The lowest BCUT2D eigenvalue weighted by Crippen LogP contribution is -2.50. The van der Waals surface area contributed by atoms with Crippen molar-refractivity contribution in [2.45, 2.75) is 26.7 Å². The Hall–Kier alpha value is -1.59. The van der Waals surface area contributed by atoms with E-state index in [9.17, 15) is 4.79 Å². The van der Waals surface area contributed by atoms with Gasteiger partial charge in [0, 0.05) is 32.7 Å². The topological polar surface area (TPSA) is 53.0 Å². The normalized spacial score (nSPS) is 16.0. The van der Waals surface area contributed by atoms with Gasteiger partial charge < -0.3 is 14.7 Å². The maximum Gasteiger partial charge on any atom is 0.260 e. The second kappa shape index (κ2) is 8.31. The quantitative estimate of drug-likeness (QED) is 0.866. The molecule has 1 heterocycles. The zero-order valence-electron chi connectivity index (χ0n) is 14.4. The number of rotatable bonds is 6. The fraction of sp³-hybridized carbons (Fsp3) is 0.611. The first-order valence-corrected chi connectivity index (χ1v) is 8.35. The minimum absolute atomic E-state index is 0.0271. The molecule has 0 bridgehead atoms. The SMILES string of the molecule is Cc1cc(OCC(=O)N2CCN(CCO)CC2)ccc1C(C)C. The average Bonchev–Trinajstić information content (AvgIpc) is 2.53. The molecule has 1 aliphatic heterocycles. The van der Waals surface area contributed by atoms with Crippen molar-refractivity contribution >= 4 is 5.91 Å². The van der Waals surface area contributed by atoms with Crippen LogP contribution in [0.1, 0.15) is 30.9 Å². The lowest BCUT2D eigenvalue weighted by atomic mass is 9.98. The van der Waals surface area contributed by atoms with E-state index in [1.165, 1.54) is 11.1 Å². The van der Waals surface area contributed by atoms with Gasteiger partial charge in [0.05, 0.1) is 6.61 Å². The van der Waals surface area contributed by atoms with Gasteiger partial charge in [-0.1, -0.05) is 19.9 Å². The Bertz CT molecular complexity index is 523. The molecule has 0 unspecified atom stereocenters. The summed E-state index contributed by atoms with van der Waals surface area (Å²) >= 11 is 0. The van der Waals surface area contributed by atoms with Gasteiger partial charge in [-0.2, -0.15) is 0 Å². The highest BCUT2D eigenvalue weighted by Gasteiger charge is 2.21. The Morgan fingerprint density at radius 1 is 1.26 bits per heavy atom. The lowest BCUT2D eigenvalue weighted by Gasteiger charge is -2.34. The number of aliphatic hydroxyl groups excluding tert-OH is 1. The highest BCUT2D eigenvalue weighted by Crippen LogP contribution is 2.23. The molecule has 1 fully saturated rings. The van der Waals surface area contributed by atoms with Gasteiger partial charge in [0.25, 0.3) is 5.91 Å². The van der Waals surface area contributed by atoms with Crippen LogP contribution in [-0.4, -0.2) is 66.8 Å². The largest absolute Gasteiger partial charge is 0.484 e. The zero-order valence-corrected chi connectivity index (χ0v) is 14.4. The van der Waals surface area contributed by atoms with E-state index in [1.807, 2.05) is 17.0 Å². The number of β-amino-alcohol motifs (C(OH)–C–C–N with tert-alkyl or cyclic N) is 1. The molecule has 1 saturated heterocycles. The van der Waals surface area contributed by atoms with Crippen molar-refractivity contribution in [3.63, 3.8) is 0 Å². The molecule has 0 atom stereocenters. The van der Waals surface area contributed by atoms with Gasteiger partial charge in [-0.05, 0) is 36.1 Å². The summed E-state index contributed by atoms with van der Waals surface area (Å²) in [6.07, 6.45) is 0. The van der Waals surface area contributed by atoms with Crippen LogP contribution in [0, 0.1) is 6.92 Å². The maximum absolute atomic E-state index is 12.2. The van der Waals surface area contributed by atoms with Crippen molar-refractivity contribution in [3.8, 4) is 5.75 Å². The van der Waals surface area contributed by atoms with Gasteiger partial charge in [-0.15, -0.1) is 0 Å². The third kappa shape index (κ3) is 4.94. The minimum atomic E-state index is 0.0271. The van der Waals surface area contributed by atoms with E-state index >= 15 is 0 Å². The summed E-state index contributed by atoms with van der Waals surface area (Å²) in [6.45, 7) is 10.4. The van der Waals surface area contributed by atoms with Crippen LogP contribution in [0.3, 0.4) is 0 Å². The second-order valence-corrected chi connectivity index (χ2v) is 6.41. The molecule has 1 amide bonds. The minimum Gasteiger partial charge on any atom is -0.484 e. The van der Waals surface area contributed by atoms with Crippen LogP contribution >= 0.6 is 0 Å². The molecule has 5 nitrogen and oxygen atoms in total. The molecule has 5 heteroatoms. The van der Waals surface area contributed by atoms with Crippen LogP contribution in [0.25, 0.3) is 0 Å². The summed E-state index contributed by atoms with van der Waals surface area (Å²) in [5.41, 5.74) is 2.51. The molecule has 1 N–H and O–H groups in total. The Kier molecular flexibility index (Phi) is 6.42. The van der Waals surface area contributed by atoms with E-state index in [1.54, 1.807) is 0 Å². The third-order valence-electron chi connectivity index (χ3n) is 4.37. The van der Waals surface area contributed by atoms with Crippen LogP contribution in [0.2, 0.25) is 0 Å². The predicted octanol–water partition coefficient (Wildman–Crippen LogP) is 1.63.